The zero-order chi connectivity index (χ0) is 32.4. The molecule has 0 aliphatic carbocycles. The van der Waals surface area contributed by atoms with Crippen molar-refractivity contribution in [3.8, 4) is 11.5 Å². The fraction of sp³-hybridized carbons (Fsp3) is 0.394. The number of nitrogens with zero attached hydrogens (tertiary/aromatic N) is 2. The molecule has 9 nitrogen and oxygen atoms in total. The quantitative estimate of drug-likeness (QED) is 0.207. The Bertz CT molecular complexity index is 1540. The highest BCUT2D eigenvalue weighted by Gasteiger charge is 2.34. The molecule has 0 bridgehead atoms. The lowest BCUT2D eigenvalue weighted by molar-refractivity contribution is -0.140. The molecule has 0 radical (unpaired) electrons. The van der Waals surface area contributed by atoms with Gasteiger partial charge >= 0.3 is 0 Å². The van der Waals surface area contributed by atoms with E-state index in [-0.39, 0.29) is 23.1 Å². The van der Waals surface area contributed by atoms with Crippen LogP contribution in [0.15, 0.2) is 65.6 Å². The second kappa shape index (κ2) is 15.8. The normalized spacial score (nSPS) is 11.9. The van der Waals surface area contributed by atoms with Crippen molar-refractivity contribution in [1.82, 2.24) is 10.2 Å². The fourth-order valence-corrected chi connectivity index (χ4v) is 6.57. The molecule has 1 unspecified atom stereocenters. The molecular weight excluding hydrogens is 602 g/mol. The number of benzene rings is 3. The number of aryl methyl sites for hydroxylation is 2. The van der Waals surface area contributed by atoms with Crippen LogP contribution in [-0.4, -0.2) is 58.5 Å². The van der Waals surface area contributed by atoms with Gasteiger partial charge in [-0.1, -0.05) is 56.1 Å². The summed E-state index contributed by atoms with van der Waals surface area (Å²) >= 11 is 6.48. The van der Waals surface area contributed by atoms with Crippen molar-refractivity contribution in [3.63, 3.8) is 0 Å². The van der Waals surface area contributed by atoms with E-state index >= 15 is 0 Å². The Morgan fingerprint density at radius 1 is 0.932 bits per heavy atom. The number of unbranched alkanes of at least 4 members (excludes halogenated alkanes) is 1. The van der Waals surface area contributed by atoms with E-state index < -0.39 is 28.5 Å². The molecule has 0 aliphatic rings. The summed E-state index contributed by atoms with van der Waals surface area (Å²) in [6.07, 6.45) is 2.02. The smallest absolute Gasteiger partial charge is 0.264 e. The van der Waals surface area contributed by atoms with Crippen molar-refractivity contribution in [2.24, 2.45) is 0 Å². The number of hydrogen-bond donors (Lipinski definition) is 1. The van der Waals surface area contributed by atoms with Crippen LogP contribution in [0.5, 0.6) is 11.5 Å². The summed E-state index contributed by atoms with van der Waals surface area (Å²) in [6.45, 7) is 7.50. The van der Waals surface area contributed by atoms with E-state index in [1.54, 1.807) is 36.4 Å². The average molecular weight is 644 g/mol. The Balaban J connectivity index is 2.12. The van der Waals surface area contributed by atoms with Crippen LogP contribution >= 0.6 is 11.6 Å². The van der Waals surface area contributed by atoms with Crippen molar-refractivity contribution in [2.45, 2.75) is 64.4 Å². The largest absolute Gasteiger partial charge is 0.493 e. The monoisotopic (exact) mass is 643 g/mol. The molecule has 0 aromatic heterocycles. The van der Waals surface area contributed by atoms with Gasteiger partial charge in [-0.15, -0.1) is 0 Å². The van der Waals surface area contributed by atoms with Crippen LogP contribution in [0, 0.1) is 13.8 Å². The number of anilines is 1. The second-order valence-corrected chi connectivity index (χ2v) is 12.8. The van der Waals surface area contributed by atoms with E-state index in [1.165, 1.54) is 37.3 Å². The topological polar surface area (TPSA) is 105 Å². The molecule has 0 heterocycles. The van der Waals surface area contributed by atoms with Gasteiger partial charge in [0.1, 0.15) is 12.6 Å². The van der Waals surface area contributed by atoms with Gasteiger partial charge in [-0.05, 0) is 73.7 Å². The number of rotatable bonds is 15. The van der Waals surface area contributed by atoms with Gasteiger partial charge in [-0.3, -0.25) is 13.9 Å². The number of halogens is 1. The van der Waals surface area contributed by atoms with Gasteiger partial charge in [-0.2, -0.15) is 0 Å². The summed E-state index contributed by atoms with van der Waals surface area (Å²) in [5.41, 5.74) is 2.62. The van der Waals surface area contributed by atoms with Gasteiger partial charge in [0.05, 0.1) is 24.8 Å². The maximum Gasteiger partial charge on any atom is 0.264 e. The molecule has 0 saturated heterocycles. The third kappa shape index (κ3) is 8.45. The number of hydrogen-bond acceptors (Lipinski definition) is 6. The minimum Gasteiger partial charge on any atom is -0.493 e. The van der Waals surface area contributed by atoms with E-state index in [4.69, 9.17) is 21.1 Å². The number of methoxy groups -OCH3 is 2. The molecule has 0 aliphatic heterocycles. The first kappa shape index (κ1) is 34.7. The molecule has 3 aromatic rings. The Labute approximate surface area is 266 Å². The highest BCUT2D eigenvalue weighted by Crippen LogP contribution is 2.33. The van der Waals surface area contributed by atoms with E-state index in [1.807, 2.05) is 33.8 Å². The predicted molar refractivity (Wildman–Crippen MR) is 174 cm³/mol. The molecule has 3 aromatic carbocycles. The molecule has 1 N–H and O–H groups in total. The van der Waals surface area contributed by atoms with Crippen LogP contribution in [0.3, 0.4) is 0 Å². The molecule has 44 heavy (non-hydrogen) atoms. The van der Waals surface area contributed by atoms with Crippen LogP contribution in [0.1, 0.15) is 49.8 Å². The lowest BCUT2D eigenvalue weighted by atomic mass is 10.1. The highest BCUT2D eigenvalue weighted by molar-refractivity contribution is 7.92. The summed E-state index contributed by atoms with van der Waals surface area (Å²) in [7, 11) is -1.42. The minimum atomic E-state index is -4.30. The summed E-state index contributed by atoms with van der Waals surface area (Å²) in [4.78, 5) is 29.0. The Morgan fingerprint density at radius 2 is 1.59 bits per heavy atom. The number of sulfonamides is 1. The third-order valence-corrected chi connectivity index (χ3v) is 9.37. The van der Waals surface area contributed by atoms with E-state index in [0.717, 1.165) is 28.3 Å². The van der Waals surface area contributed by atoms with Crippen LogP contribution in [-0.2, 0) is 26.2 Å². The molecular formula is C33H42ClN3O6S. The standard InChI is InChI=1S/C33H42ClN3O6S/c1-7-9-16-35-33(39)29(8-2)36(21-25-12-10-11-13-28(25)34)32(38)22-37(26-18-23(3)17-24(4)19-26)44(40,41)27-14-15-30(42-5)31(20-27)43-6/h10-15,17-20,29H,7-9,16,21-22H2,1-6H3,(H,35,39). The van der Waals surface area contributed by atoms with Gasteiger partial charge < -0.3 is 19.7 Å². The minimum absolute atomic E-state index is 0.0231. The van der Waals surface area contributed by atoms with E-state index in [0.29, 0.717) is 35.0 Å². The van der Waals surface area contributed by atoms with Gasteiger partial charge in [0.2, 0.25) is 11.8 Å². The number of nitrogens with one attached hydrogen (secondary N) is 1. The zero-order valence-corrected chi connectivity index (χ0v) is 27.8. The fourth-order valence-electron chi connectivity index (χ4n) is 4.96. The molecule has 0 saturated carbocycles. The maximum atomic E-state index is 14.3. The van der Waals surface area contributed by atoms with Crippen molar-refractivity contribution in [2.75, 3.05) is 31.6 Å². The molecule has 0 spiro atoms. The van der Waals surface area contributed by atoms with E-state index in [2.05, 4.69) is 5.32 Å². The maximum absolute atomic E-state index is 14.3. The van der Waals surface area contributed by atoms with Crippen LogP contribution in [0.25, 0.3) is 0 Å². The molecule has 2 amide bonds. The summed E-state index contributed by atoms with van der Waals surface area (Å²) in [5, 5.41) is 3.37. The van der Waals surface area contributed by atoms with Crippen molar-refractivity contribution in [3.05, 3.63) is 82.4 Å². The van der Waals surface area contributed by atoms with E-state index in [9.17, 15) is 18.0 Å². The van der Waals surface area contributed by atoms with Crippen molar-refractivity contribution in [1.29, 1.82) is 0 Å². The first-order valence-corrected chi connectivity index (χ1v) is 16.4. The molecule has 238 valence electrons. The highest BCUT2D eigenvalue weighted by atomic mass is 35.5. The summed E-state index contributed by atoms with van der Waals surface area (Å²) in [6, 6.07) is 15.9. The second-order valence-electron chi connectivity index (χ2n) is 10.6. The SMILES string of the molecule is CCCCNC(=O)C(CC)N(Cc1ccccc1Cl)C(=O)CN(c1cc(C)cc(C)c1)S(=O)(=O)c1ccc(OC)c(OC)c1. The molecule has 11 heteroatoms. The average Bonchev–Trinajstić information content (AvgIpc) is 2.99. The van der Waals surface area contributed by atoms with Gasteiger partial charge in [0.15, 0.2) is 11.5 Å². The number of ether oxygens (including phenoxy) is 2. The third-order valence-electron chi connectivity index (χ3n) is 7.23. The van der Waals surface area contributed by atoms with Gasteiger partial charge in [0, 0.05) is 24.2 Å². The first-order chi connectivity index (χ1) is 21.0. The zero-order valence-electron chi connectivity index (χ0n) is 26.2. The van der Waals surface area contributed by atoms with Gasteiger partial charge in [0.25, 0.3) is 10.0 Å². The summed E-state index contributed by atoms with van der Waals surface area (Å²) < 4.78 is 40.3. The van der Waals surface area contributed by atoms with Crippen LogP contribution in [0.2, 0.25) is 5.02 Å². The van der Waals surface area contributed by atoms with Crippen LogP contribution < -0.4 is 19.1 Å². The lowest BCUT2D eigenvalue weighted by Crippen LogP contribution is -2.52. The Hall–Kier alpha value is -3.76. The lowest BCUT2D eigenvalue weighted by Gasteiger charge is -2.33. The Morgan fingerprint density at radius 3 is 2.18 bits per heavy atom. The Kier molecular flexibility index (Phi) is 12.5. The van der Waals surface area contributed by atoms with Crippen molar-refractivity contribution >= 4 is 39.1 Å². The molecule has 3 rings (SSSR count). The van der Waals surface area contributed by atoms with Gasteiger partial charge in [-0.25, -0.2) is 8.42 Å². The number of carbonyl (C=O) groups is 2. The number of amides is 2. The van der Waals surface area contributed by atoms with Crippen molar-refractivity contribution < 1.29 is 27.5 Å². The first-order valence-electron chi connectivity index (χ1n) is 14.6. The van der Waals surface area contributed by atoms with Crippen LogP contribution in [0.4, 0.5) is 5.69 Å². The number of carbonyl (C=O) groups excluding carboxylic acids is 2. The molecule has 1 atom stereocenters. The summed E-state index contributed by atoms with van der Waals surface area (Å²) in [5.74, 6) is -0.255. The molecule has 0 fully saturated rings. The predicted octanol–water partition coefficient (Wildman–Crippen LogP) is 5.89.